The van der Waals surface area contributed by atoms with E-state index in [1.165, 1.54) is 30.2 Å². The number of carbonyl (C=O) groups is 2. The third-order valence-corrected chi connectivity index (χ3v) is 8.61. The Bertz CT molecular complexity index is 1390. The average molecular weight is 586 g/mol. The van der Waals surface area contributed by atoms with E-state index >= 15 is 0 Å². The third kappa shape index (κ3) is 7.55. The number of nitrogens with one attached hydrogen (secondary N) is 1. The molecule has 0 saturated heterocycles. The summed E-state index contributed by atoms with van der Waals surface area (Å²) in [7, 11) is -2.82. The van der Waals surface area contributed by atoms with Crippen LogP contribution < -0.4 is 14.4 Å². The highest BCUT2D eigenvalue weighted by Gasteiger charge is 2.35. The van der Waals surface area contributed by atoms with Crippen molar-refractivity contribution in [3.63, 3.8) is 0 Å². The van der Waals surface area contributed by atoms with Gasteiger partial charge in [-0.3, -0.25) is 13.9 Å². The zero-order valence-corrected chi connectivity index (χ0v) is 24.8. The standard InChI is InChI=1S/C30H36ClN3O5S/c1-5-22(3)32-30(36)26(6-2)33(20-23-13-9-7-10-14-23)29(35)21-34(27-19-24(31)17-18-28(27)39-4)40(37,38)25-15-11-8-12-16-25/h7-19,22,26H,5-6,20-21H2,1-4H3,(H,32,36). The fraction of sp³-hybridized carbons (Fsp3) is 0.333. The number of ether oxygens (including phenoxy) is 1. The molecule has 0 aliphatic heterocycles. The number of hydrogen-bond acceptors (Lipinski definition) is 5. The monoisotopic (exact) mass is 585 g/mol. The van der Waals surface area contributed by atoms with Crippen LogP contribution >= 0.6 is 11.6 Å². The number of carbonyl (C=O) groups excluding carboxylic acids is 2. The van der Waals surface area contributed by atoms with Crippen LogP contribution in [-0.2, 0) is 26.2 Å². The molecule has 3 aromatic rings. The summed E-state index contributed by atoms with van der Waals surface area (Å²) in [5.74, 6) is -0.608. The normalized spacial score (nSPS) is 12.7. The van der Waals surface area contributed by atoms with Gasteiger partial charge in [0.2, 0.25) is 11.8 Å². The first-order valence-corrected chi connectivity index (χ1v) is 15.0. The molecule has 0 aliphatic rings. The van der Waals surface area contributed by atoms with Crippen LogP contribution in [-0.4, -0.2) is 50.9 Å². The molecule has 0 aliphatic carbocycles. The molecule has 0 bridgehead atoms. The van der Waals surface area contributed by atoms with Gasteiger partial charge >= 0.3 is 0 Å². The van der Waals surface area contributed by atoms with Crippen molar-refractivity contribution in [3.8, 4) is 5.75 Å². The van der Waals surface area contributed by atoms with Crippen molar-refractivity contribution in [2.45, 2.75) is 57.1 Å². The van der Waals surface area contributed by atoms with Crippen LogP contribution in [0.3, 0.4) is 0 Å². The Hall–Kier alpha value is -3.56. The van der Waals surface area contributed by atoms with Gasteiger partial charge in [0, 0.05) is 17.6 Å². The van der Waals surface area contributed by atoms with Crippen LogP contribution in [0.2, 0.25) is 5.02 Å². The lowest BCUT2D eigenvalue weighted by atomic mass is 10.1. The van der Waals surface area contributed by atoms with Gasteiger partial charge in [-0.1, -0.05) is 74.0 Å². The van der Waals surface area contributed by atoms with Crippen LogP contribution in [0, 0.1) is 0 Å². The maximum Gasteiger partial charge on any atom is 0.264 e. The molecule has 214 valence electrons. The van der Waals surface area contributed by atoms with E-state index in [9.17, 15) is 18.0 Å². The molecule has 3 aromatic carbocycles. The maximum atomic E-state index is 14.1. The second-order valence-corrected chi connectivity index (χ2v) is 11.7. The highest BCUT2D eigenvalue weighted by Crippen LogP contribution is 2.35. The molecule has 0 saturated carbocycles. The molecule has 2 atom stereocenters. The van der Waals surface area contributed by atoms with Gasteiger partial charge in [0.1, 0.15) is 18.3 Å². The number of sulfonamides is 1. The summed E-state index contributed by atoms with van der Waals surface area (Å²) in [6.45, 7) is 5.23. The fourth-order valence-electron chi connectivity index (χ4n) is 4.23. The summed E-state index contributed by atoms with van der Waals surface area (Å²) < 4.78 is 34.4. The first kappa shape index (κ1) is 31.0. The second kappa shape index (κ2) is 14.2. The van der Waals surface area contributed by atoms with E-state index in [1.807, 2.05) is 51.1 Å². The van der Waals surface area contributed by atoms with Gasteiger partial charge in [0.05, 0.1) is 17.7 Å². The maximum absolute atomic E-state index is 14.1. The fourth-order valence-corrected chi connectivity index (χ4v) is 5.84. The Balaban J connectivity index is 2.10. The predicted molar refractivity (Wildman–Crippen MR) is 158 cm³/mol. The average Bonchev–Trinajstić information content (AvgIpc) is 2.96. The van der Waals surface area contributed by atoms with Crippen molar-refractivity contribution in [1.29, 1.82) is 0 Å². The van der Waals surface area contributed by atoms with Gasteiger partial charge in [0.25, 0.3) is 10.0 Å². The van der Waals surface area contributed by atoms with Crippen molar-refractivity contribution in [2.75, 3.05) is 18.0 Å². The summed E-state index contributed by atoms with van der Waals surface area (Å²) in [4.78, 5) is 28.9. The molecule has 2 unspecified atom stereocenters. The molecule has 3 rings (SSSR count). The van der Waals surface area contributed by atoms with Crippen molar-refractivity contribution >= 4 is 39.1 Å². The zero-order chi connectivity index (χ0) is 29.3. The van der Waals surface area contributed by atoms with E-state index in [0.29, 0.717) is 6.42 Å². The minimum Gasteiger partial charge on any atom is -0.495 e. The van der Waals surface area contributed by atoms with Crippen LogP contribution in [0.5, 0.6) is 5.75 Å². The number of anilines is 1. The number of amides is 2. The Labute approximate surface area is 241 Å². The second-order valence-electron chi connectivity index (χ2n) is 9.39. The quantitative estimate of drug-likeness (QED) is 0.295. The minimum absolute atomic E-state index is 0.000920. The van der Waals surface area contributed by atoms with Gasteiger partial charge in [0.15, 0.2) is 0 Å². The summed E-state index contributed by atoms with van der Waals surface area (Å²) in [5.41, 5.74) is 0.924. The summed E-state index contributed by atoms with van der Waals surface area (Å²) >= 11 is 6.27. The van der Waals surface area contributed by atoms with Crippen molar-refractivity contribution in [2.24, 2.45) is 0 Å². The molecule has 8 nitrogen and oxygen atoms in total. The van der Waals surface area contributed by atoms with Gasteiger partial charge in [-0.15, -0.1) is 0 Å². The molecular formula is C30H36ClN3O5S. The highest BCUT2D eigenvalue weighted by molar-refractivity contribution is 7.92. The van der Waals surface area contributed by atoms with Crippen molar-refractivity contribution < 1.29 is 22.7 Å². The molecule has 0 radical (unpaired) electrons. The van der Waals surface area contributed by atoms with E-state index in [-0.39, 0.29) is 39.8 Å². The molecule has 2 amide bonds. The largest absolute Gasteiger partial charge is 0.495 e. The Morgan fingerprint density at radius 2 is 1.57 bits per heavy atom. The van der Waals surface area contributed by atoms with Crippen LogP contribution in [0.4, 0.5) is 5.69 Å². The number of hydrogen-bond donors (Lipinski definition) is 1. The molecule has 40 heavy (non-hydrogen) atoms. The summed E-state index contributed by atoms with van der Waals surface area (Å²) in [6.07, 6.45) is 1.07. The van der Waals surface area contributed by atoms with Crippen molar-refractivity contribution in [3.05, 3.63) is 89.4 Å². The van der Waals surface area contributed by atoms with Gasteiger partial charge in [-0.2, -0.15) is 0 Å². The van der Waals surface area contributed by atoms with Crippen LogP contribution in [0.15, 0.2) is 83.8 Å². The van der Waals surface area contributed by atoms with E-state index in [4.69, 9.17) is 16.3 Å². The molecule has 10 heteroatoms. The lowest BCUT2D eigenvalue weighted by Gasteiger charge is -2.34. The molecule has 0 fully saturated rings. The van der Waals surface area contributed by atoms with Gasteiger partial charge in [-0.05, 0) is 55.7 Å². The number of rotatable bonds is 13. The number of nitrogens with zero attached hydrogens (tertiary/aromatic N) is 2. The van der Waals surface area contributed by atoms with E-state index in [2.05, 4.69) is 5.32 Å². The lowest BCUT2D eigenvalue weighted by Crippen LogP contribution is -2.53. The molecule has 1 N–H and O–H groups in total. The van der Waals surface area contributed by atoms with Gasteiger partial charge < -0.3 is 15.0 Å². The Morgan fingerprint density at radius 3 is 2.15 bits per heavy atom. The Kier molecular flexibility index (Phi) is 11.0. The zero-order valence-electron chi connectivity index (χ0n) is 23.2. The van der Waals surface area contributed by atoms with E-state index in [1.54, 1.807) is 30.3 Å². The van der Waals surface area contributed by atoms with Crippen LogP contribution in [0.25, 0.3) is 0 Å². The summed E-state index contributed by atoms with van der Waals surface area (Å²) in [6, 6.07) is 20.8. The van der Waals surface area contributed by atoms with Crippen LogP contribution in [0.1, 0.15) is 39.2 Å². The smallest absolute Gasteiger partial charge is 0.264 e. The Morgan fingerprint density at radius 1 is 0.950 bits per heavy atom. The molecule has 0 spiro atoms. The first-order valence-electron chi connectivity index (χ1n) is 13.2. The minimum atomic E-state index is -4.23. The number of methoxy groups -OCH3 is 1. The number of benzene rings is 3. The van der Waals surface area contributed by atoms with Gasteiger partial charge in [-0.25, -0.2) is 8.42 Å². The van der Waals surface area contributed by atoms with Crippen molar-refractivity contribution in [1.82, 2.24) is 10.2 Å². The summed E-state index contributed by atoms with van der Waals surface area (Å²) in [5, 5.41) is 3.24. The number of halogens is 1. The van der Waals surface area contributed by atoms with E-state index < -0.39 is 28.5 Å². The topological polar surface area (TPSA) is 96.0 Å². The van der Waals surface area contributed by atoms with E-state index in [0.717, 1.165) is 16.3 Å². The molecule has 0 aromatic heterocycles. The molecule has 0 heterocycles. The SMILES string of the molecule is CCC(C)NC(=O)C(CC)N(Cc1ccccc1)C(=O)CN(c1cc(Cl)ccc1OC)S(=O)(=O)c1ccccc1. The highest BCUT2D eigenvalue weighted by atomic mass is 35.5. The first-order chi connectivity index (χ1) is 19.1. The lowest BCUT2D eigenvalue weighted by molar-refractivity contribution is -0.140. The third-order valence-electron chi connectivity index (χ3n) is 6.60. The molecular weight excluding hydrogens is 550 g/mol. The predicted octanol–water partition coefficient (Wildman–Crippen LogP) is 5.27.